The van der Waals surface area contributed by atoms with Crippen LogP contribution in [0, 0.1) is 0 Å². The summed E-state index contributed by atoms with van der Waals surface area (Å²) in [5, 5.41) is 9.22. The molecular weight excluding hydrogens is 188 g/mol. The minimum Gasteiger partial charge on any atom is -0.469 e. The normalized spacial score (nSPS) is 12.8. The Hall–Kier alpha value is -0.0900. The maximum atomic E-state index is 10.4. The van der Waals surface area contributed by atoms with Crippen LogP contribution in [0.25, 0.3) is 0 Å². The fourth-order valence-corrected chi connectivity index (χ4v) is 0.559. The third-order valence-electron chi connectivity index (χ3n) is 0.808. The first-order valence-electron chi connectivity index (χ1n) is 2.51. The van der Waals surface area contributed by atoms with Crippen LogP contribution in [0.15, 0.2) is 0 Å². The summed E-state index contributed by atoms with van der Waals surface area (Å²) in [6.07, 6.45) is -0.570. The molecular formula is C5H9BrO3. The molecule has 0 heterocycles. The Kier molecular flexibility index (Phi) is 4.71. The van der Waals surface area contributed by atoms with Crippen molar-refractivity contribution in [3.05, 3.63) is 0 Å². The number of carbonyl (C=O) groups excluding carboxylic acids is 1. The number of rotatable bonds is 3. The van der Waals surface area contributed by atoms with E-state index in [0.29, 0.717) is 5.33 Å². The van der Waals surface area contributed by atoms with E-state index in [1.54, 1.807) is 0 Å². The zero-order valence-electron chi connectivity index (χ0n) is 5.13. The molecule has 0 aliphatic rings. The van der Waals surface area contributed by atoms with Crippen LogP contribution in [0.5, 0.6) is 0 Å². The third-order valence-corrected chi connectivity index (χ3v) is 1.56. The molecule has 0 aromatic rings. The Morgan fingerprint density at radius 1 is 1.89 bits per heavy atom. The number of methoxy groups -OCH3 is 1. The van der Waals surface area contributed by atoms with Gasteiger partial charge in [-0.1, -0.05) is 15.9 Å². The zero-order valence-corrected chi connectivity index (χ0v) is 6.72. The van der Waals surface area contributed by atoms with Crippen LogP contribution in [0.4, 0.5) is 0 Å². The summed E-state index contributed by atoms with van der Waals surface area (Å²) >= 11 is 3.01. The molecule has 0 saturated heterocycles. The van der Waals surface area contributed by atoms with Gasteiger partial charge in [-0.25, -0.2) is 0 Å². The third kappa shape index (κ3) is 4.42. The highest BCUT2D eigenvalue weighted by atomic mass is 79.9. The highest BCUT2D eigenvalue weighted by Crippen LogP contribution is 1.96. The molecule has 0 bridgehead atoms. The molecule has 0 spiro atoms. The SMILES string of the molecule is COC(=O)C[C@@H](O)CBr. The predicted octanol–water partition coefficient (Wildman–Crippen LogP) is 0.305. The number of hydrogen-bond donors (Lipinski definition) is 1. The first-order valence-corrected chi connectivity index (χ1v) is 3.63. The molecule has 1 N–H and O–H groups in total. The van der Waals surface area contributed by atoms with Gasteiger partial charge in [-0.05, 0) is 0 Å². The van der Waals surface area contributed by atoms with Gasteiger partial charge >= 0.3 is 5.97 Å². The summed E-state index contributed by atoms with van der Waals surface area (Å²) in [5.74, 6) is -0.387. The van der Waals surface area contributed by atoms with E-state index < -0.39 is 6.10 Å². The molecule has 54 valence electrons. The second-order valence-electron chi connectivity index (χ2n) is 1.59. The van der Waals surface area contributed by atoms with Crippen molar-refractivity contribution < 1.29 is 14.6 Å². The van der Waals surface area contributed by atoms with Crippen LogP contribution >= 0.6 is 15.9 Å². The van der Waals surface area contributed by atoms with E-state index in [0.717, 1.165) is 0 Å². The van der Waals surface area contributed by atoms with Crippen molar-refractivity contribution >= 4 is 21.9 Å². The smallest absolute Gasteiger partial charge is 0.308 e. The van der Waals surface area contributed by atoms with E-state index in [9.17, 15) is 4.79 Å². The maximum Gasteiger partial charge on any atom is 0.308 e. The van der Waals surface area contributed by atoms with Gasteiger partial charge in [0.25, 0.3) is 0 Å². The van der Waals surface area contributed by atoms with Crippen LogP contribution in [0.2, 0.25) is 0 Å². The second kappa shape index (κ2) is 4.76. The summed E-state index contributed by atoms with van der Waals surface area (Å²) in [6.45, 7) is 0. The fourth-order valence-electron chi connectivity index (χ4n) is 0.330. The molecule has 0 radical (unpaired) electrons. The summed E-state index contributed by atoms with van der Waals surface area (Å²) in [5.41, 5.74) is 0. The Balaban J connectivity index is 3.34. The van der Waals surface area contributed by atoms with E-state index in [4.69, 9.17) is 5.11 Å². The monoisotopic (exact) mass is 196 g/mol. The number of carbonyl (C=O) groups is 1. The van der Waals surface area contributed by atoms with E-state index in [1.165, 1.54) is 7.11 Å². The topological polar surface area (TPSA) is 46.5 Å². The Morgan fingerprint density at radius 3 is 2.78 bits per heavy atom. The van der Waals surface area contributed by atoms with Crippen molar-refractivity contribution in [1.29, 1.82) is 0 Å². The van der Waals surface area contributed by atoms with Crippen molar-refractivity contribution in [3.63, 3.8) is 0 Å². The number of ether oxygens (including phenoxy) is 1. The van der Waals surface area contributed by atoms with Crippen molar-refractivity contribution in [2.24, 2.45) is 0 Å². The van der Waals surface area contributed by atoms with Crippen molar-refractivity contribution in [2.75, 3.05) is 12.4 Å². The first kappa shape index (κ1) is 8.91. The number of halogens is 1. The lowest BCUT2D eigenvalue weighted by atomic mass is 10.3. The van der Waals surface area contributed by atoms with Gasteiger partial charge in [0.2, 0.25) is 0 Å². The van der Waals surface area contributed by atoms with E-state index in [-0.39, 0.29) is 12.4 Å². The highest BCUT2D eigenvalue weighted by Gasteiger charge is 2.07. The summed E-state index contributed by atoms with van der Waals surface area (Å²) in [4.78, 5) is 10.4. The molecule has 0 aromatic carbocycles. The van der Waals surface area contributed by atoms with Gasteiger partial charge in [0.05, 0.1) is 19.6 Å². The summed E-state index contributed by atoms with van der Waals surface area (Å²) in [7, 11) is 1.29. The van der Waals surface area contributed by atoms with Gasteiger partial charge in [-0.2, -0.15) is 0 Å². The van der Waals surface area contributed by atoms with Crippen LogP contribution in [0.3, 0.4) is 0 Å². The number of hydrogen-bond acceptors (Lipinski definition) is 3. The number of esters is 1. The van der Waals surface area contributed by atoms with Gasteiger partial charge < -0.3 is 9.84 Å². The van der Waals surface area contributed by atoms with Gasteiger partial charge in [-0.15, -0.1) is 0 Å². The number of alkyl halides is 1. The van der Waals surface area contributed by atoms with Crippen LogP contribution in [0.1, 0.15) is 6.42 Å². The molecule has 4 heteroatoms. The van der Waals surface area contributed by atoms with Crippen molar-refractivity contribution in [3.8, 4) is 0 Å². The van der Waals surface area contributed by atoms with Crippen molar-refractivity contribution in [1.82, 2.24) is 0 Å². The largest absolute Gasteiger partial charge is 0.469 e. The van der Waals surface area contributed by atoms with Gasteiger partial charge in [0.1, 0.15) is 0 Å². The van der Waals surface area contributed by atoms with E-state index in [1.807, 2.05) is 0 Å². The first-order chi connectivity index (χ1) is 4.20. The highest BCUT2D eigenvalue weighted by molar-refractivity contribution is 9.09. The van der Waals surface area contributed by atoms with Crippen LogP contribution in [-0.4, -0.2) is 29.6 Å². The van der Waals surface area contributed by atoms with Gasteiger partial charge in [0, 0.05) is 5.33 Å². The second-order valence-corrected chi connectivity index (χ2v) is 2.24. The minimum absolute atomic E-state index is 0.0573. The molecule has 0 aliphatic heterocycles. The molecule has 0 amide bonds. The Labute approximate surface area is 62.1 Å². The molecule has 0 saturated carbocycles. The van der Waals surface area contributed by atoms with Crippen molar-refractivity contribution in [2.45, 2.75) is 12.5 Å². The van der Waals surface area contributed by atoms with E-state index in [2.05, 4.69) is 20.7 Å². The Morgan fingerprint density at radius 2 is 2.44 bits per heavy atom. The lowest BCUT2D eigenvalue weighted by Gasteiger charge is -2.02. The standard InChI is InChI=1S/C5H9BrO3/c1-9-5(8)2-4(7)3-6/h4,7H,2-3H2,1H3/t4-/m1/s1. The molecule has 1 atom stereocenters. The lowest BCUT2D eigenvalue weighted by Crippen LogP contribution is -2.15. The summed E-state index contributed by atoms with van der Waals surface area (Å²) in [6, 6.07) is 0. The Bertz CT molecular complexity index is 94.2. The van der Waals surface area contributed by atoms with Crippen LogP contribution < -0.4 is 0 Å². The summed E-state index contributed by atoms with van der Waals surface area (Å²) < 4.78 is 4.30. The van der Waals surface area contributed by atoms with E-state index >= 15 is 0 Å². The molecule has 0 rings (SSSR count). The fraction of sp³-hybridized carbons (Fsp3) is 0.800. The number of aliphatic hydroxyl groups is 1. The molecule has 3 nitrogen and oxygen atoms in total. The molecule has 0 fully saturated rings. The average molecular weight is 197 g/mol. The minimum atomic E-state index is -0.627. The molecule has 9 heavy (non-hydrogen) atoms. The predicted molar refractivity (Wildman–Crippen MR) is 36.4 cm³/mol. The van der Waals surface area contributed by atoms with Gasteiger partial charge in [0.15, 0.2) is 0 Å². The zero-order chi connectivity index (χ0) is 7.28. The molecule has 0 aromatic heterocycles. The quantitative estimate of drug-likeness (QED) is 0.523. The van der Waals surface area contributed by atoms with Crippen LogP contribution in [-0.2, 0) is 9.53 Å². The maximum absolute atomic E-state index is 10.4. The van der Waals surface area contributed by atoms with Gasteiger partial charge in [-0.3, -0.25) is 4.79 Å². The number of aliphatic hydroxyl groups excluding tert-OH is 1. The molecule has 0 unspecified atom stereocenters. The lowest BCUT2D eigenvalue weighted by molar-refractivity contribution is -0.142. The average Bonchev–Trinajstić information content (AvgIpc) is 1.87. The molecule has 0 aliphatic carbocycles.